The molecule has 3 aliphatic rings. The van der Waals surface area contributed by atoms with Crippen LogP contribution in [0.1, 0.15) is 20.3 Å². The molecule has 8 nitrogen and oxygen atoms in total. The van der Waals surface area contributed by atoms with E-state index in [0.29, 0.717) is 11.8 Å². The van der Waals surface area contributed by atoms with Gasteiger partial charge >= 0.3 is 0 Å². The van der Waals surface area contributed by atoms with Gasteiger partial charge in [0.1, 0.15) is 0 Å². The predicted octanol–water partition coefficient (Wildman–Crippen LogP) is 1.03. The molecule has 0 aromatic carbocycles. The summed E-state index contributed by atoms with van der Waals surface area (Å²) < 4.78 is 11.0. The minimum Gasteiger partial charge on any atom is -0.378 e. The summed E-state index contributed by atoms with van der Waals surface area (Å²) in [5.41, 5.74) is 0. The van der Waals surface area contributed by atoms with Gasteiger partial charge in [0.2, 0.25) is 17.8 Å². The van der Waals surface area contributed by atoms with Crippen molar-refractivity contribution in [2.45, 2.75) is 20.3 Å². The summed E-state index contributed by atoms with van der Waals surface area (Å²) in [5, 5.41) is 0. The molecular formula is C18H30N6O2. The van der Waals surface area contributed by atoms with Crippen molar-refractivity contribution < 1.29 is 9.47 Å². The average molecular weight is 362 g/mol. The van der Waals surface area contributed by atoms with Gasteiger partial charge in [-0.15, -0.1) is 0 Å². The van der Waals surface area contributed by atoms with E-state index in [9.17, 15) is 0 Å². The Bertz CT molecular complexity index is 557. The Labute approximate surface area is 155 Å². The number of hydrogen-bond acceptors (Lipinski definition) is 8. The molecule has 26 heavy (non-hydrogen) atoms. The van der Waals surface area contributed by atoms with Crippen molar-refractivity contribution in [3.05, 3.63) is 0 Å². The monoisotopic (exact) mass is 362 g/mol. The van der Waals surface area contributed by atoms with Gasteiger partial charge < -0.3 is 24.2 Å². The lowest BCUT2D eigenvalue weighted by atomic mass is 9.92. The molecule has 1 aromatic heterocycles. The maximum absolute atomic E-state index is 5.49. The second-order valence-corrected chi connectivity index (χ2v) is 7.79. The molecule has 3 fully saturated rings. The molecule has 0 unspecified atom stereocenters. The molecule has 0 saturated carbocycles. The molecular weight excluding hydrogens is 332 g/mol. The van der Waals surface area contributed by atoms with Gasteiger partial charge in [-0.25, -0.2) is 0 Å². The normalized spacial score (nSPS) is 27.7. The molecule has 2 atom stereocenters. The second kappa shape index (κ2) is 7.92. The number of anilines is 3. The third-order valence-electron chi connectivity index (χ3n) is 5.34. The Morgan fingerprint density at radius 2 is 1.04 bits per heavy atom. The molecule has 0 spiro atoms. The van der Waals surface area contributed by atoms with Gasteiger partial charge in [-0.1, -0.05) is 13.8 Å². The first-order valence-electron chi connectivity index (χ1n) is 9.85. The molecule has 144 valence electrons. The minimum atomic E-state index is 0.661. The fourth-order valence-electron chi connectivity index (χ4n) is 4.12. The molecule has 3 aliphatic heterocycles. The van der Waals surface area contributed by atoms with Crippen LogP contribution in [0.3, 0.4) is 0 Å². The number of ether oxygens (including phenoxy) is 2. The SMILES string of the molecule is C[C@@H]1C[C@H](C)CN(c2nc(N3CCOCC3)nc(N3CCOCC3)n2)C1. The number of hydrogen-bond donors (Lipinski definition) is 0. The molecule has 0 N–H and O–H groups in total. The van der Waals surface area contributed by atoms with E-state index in [-0.39, 0.29) is 0 Å². The zero-order valence-corrected chi connectivity index (χ0v) is 15.9. The second-order valence-electron chi connectivity index (χ2n) is 7.79. The first-order chi connectivity index (χ1) is 12.7. The lowest BCUT2D eigenvalue weighted by Gasteiger charge is -2.36. The van der Waals surface area contributed by atoms with E-state index in [0.717, 1.165) is 83.5 Å². The van der Waals surface area contributed by atoms with Crippen molar-refractivity contribution in [2.75, 3.05) is 80.4 Å². The highest BCUT2D eigenvalue weighted by Gasteiger charge is 2.27. The van der Waals surface area contributed by atoms with E-state index in [1.54, 1.807) is 0 Å². The van der Waals surface area contributed by atoms with Crippen molar-refractivity contribution in [2.24, 2.45) is 11.8 Å². The summed E-state index contributed by atoms with van der Waals surface area (Å²) in [7, 11) is 0. The predicted molar refractivity (Wildman–Crippen MR) is 101 cm³/mol. The van der Waals surface area contributed by atoms with Gasteiger partial charge in [0.15, 0.2) is 0 Å². The van der Waals surface area contributed by atoms with Gasteiger partial charge in [-0.3, -0.25) is 0 Å². The molecule has 4 rings (SSSR count). The van der Waals surface area contributed by atoms with Crippen LogP contribution in [-0.4, -0.2) is 80.6 Å². The zero-order valence-electron chi connectivity index (χ0n) is 15.9. The minimum absolute atomic E-state index is 0.661. The van der Waals surface area contributed by atoms with Crippen molar-refractivity contribution in [3.8, 4) is 0 Å². The number of aromatic nitrogens is 3. The number of nitrogens with zero attached hydrogens (tertiary/aromatic N) is 6. The van der Waals surface area contributed by atoms with Crippen LogP contribution in [0.2, 0.25) is 0 Å². The third-order valence-corrected chi connectivity index (χ3v) is 5.34. The van der Waals surface area contributed by atoms with E-state index < -0.39 is 0 Å². The Morgan fingerprint density at radius 3 is 1.46 bits per heavy atom. The Morgan fingerprint density at radius 1 is 0.654 bits per heavy atom. The molecule has 0 radical (unpaired) electrons. The molecule has 4 heterocycles. The van der Waals surface area contributed by atoms with Crippen LogP contribution < -0.4 is 14.7 Å². The summed E-state index contributed by atoms with van der Waals surface area (Å²) >= 11 is 0. The van der Waals surface area contributed by atoms with Crippen LogP contribution in [0.15, 0.2) is 0 Å². The van der Waals surface area contributed by atoms with Crippen LogP contribution in [-0.2, 0) is 9.47 Å². The highest BCUT2D eigenvalue weighted by Crippen LogP contribution is 2.27. The maximum Gasteiger partial charge on any atom is 0.232 e. The van der Waals surface area contributed by atoms with Crippen molar-refractivity contribution in [1.29, 1.82) is 0 Å². The average Bonchev–Trinajstić information content (AvgIpc) is 2.68. The largest absolute Gasteiger partial charge is 0.378 e. The van der Waals surface area contributed by atoms with E-state index >= 15 is 0 Å². The standard InChI is InChI=1S/C18H30N6O2/c1-14-11-15(2)13-24(12-14)18-20-16(22-3-7-25-8-4-22)19-17(21-18)23-5-9-26-10-6-23/h14-15H,3-13H2,1-2H3/t14-,15+. The Balaban J connectivity index is 1.64. The van der Waals surface area contributed by atoms with Crippen molar-refractivity contribution in [1.82, 2.24) is 15.0 Å². The molecule has 1 aromatic rings. The number of rotatable bonds is 3. The fraction of sp³-hybridized carbons (Fsp3) is 0.833. The highest BCUT2D eigenvalue weighted by molar-refractivity contribution is 5.47. The van der Waals surface area contributed by atoms with E-state index in [1.165, 1.54) is 6.42 Å². The van der Waals surface area contributed by atoms with E-state index in [2.05, 4.69) is 28.5 Å². The maximum atomic E-state index is 5.49. The third kappa shape index (κ3) is 4.01. The van der Waals surface area contributed by atoms with Crippen LogP contribution in [0.4, 0.5) is 17.8 Å². The van der Waals surface area contributed by atoms with Crippen LogP contribution in [0.5, 0.6) is 0 Å². The highest BCUT2D eigenvalue weighted by atomic mass is 16.5. The van der Waals surface area contributed by atoms with Gasteiger partial charge in [-0.2, -0.15) is 15.0 Å². The Hall–Kier alpha value is -1.67. The summed E-state index contributed by atoms with van der Waals surface area (Å²) in [5.74, 6) is 3.71. The summed E-state index contributed by atoms with van der Waals surface area (Å²) in [6.45, 7) is 12.9. The lowest BCUT2D eigenvalue weighted by Crippen LogP contribution is -2.42. The molecule has 0 aliphatic carbocycles. The first-order valence-corrected chi connectivity index (χ1v) is 9.85. The lowest BCUT2D eigenvalue weighted by molar-refractivity contribution is 0.121. The topological polar surface area (TPSA) is 66.9 Å². The summed E-state index contributed by atoms with van der Waals surface area (Å²) in [4.78, 5) is 21.3. The van der Waals surface area contributed by atoms with Crippen LogP contribution in [0.25, 0.3) is 0 Å². The smallest absolute Gasteiger partial charge is 0.232 e. The molecule has 3 saturated heterocycles. The molecule has 0 bridgehead atoms. The fourth-order valence-corrected chi connectivity index (χ4v) is 4.12. The van der Waals surface area contributed by atoms with E-state index in [1.807, 2.05) is 0 Å². The van der Waals surface area contributed by atoms with Crippen LogP contribution in [0, 0.1) is 11.8 Å². The van der Waals surface area contributed by atoms with Crippen molar-refractivity contribution >= 4 is 17.8 Å². The van der Waals surface area contributed by atoms with Gasteiger partial charge in [0, 0.05) is 39.3 Å². The quantitative estimate of drug-likeness (QED) is 0.790. The zero-order chi connectivity index (χ0) is 17.9. The summed E-state index contributed by atoms with van der Waals surface area (Å²) in [6, 6.07) is 0. The number of morpholine rings is 2. The molecule has 0 amide bonds. The first kappa shape index (κ1) is 17.7. The number of piperidine rings is 1. The summed E-state index contributed by atoms with van der Waals surface area (Å²) in [6.07, 6.45) is 1.27. The van der Waals surface area contributed by atoms with Gasteiger partial charge in [-0.05, 0) is 18.3 Å². The van der Waals surface area contributed by atoms with Gasteiger partial charge in [0.05, 0.1) is 26.4 Å². The van der Waals surface area contributed by atoms with E-state index in [4.69, 9.17) is 24.4 Å². The Kier molecular flexibility index (Phi) is 5.40. The van der Waals surface area contributed by atoms with Crippen molar-refractivity contribution in [3.63, 3.8) is 0 Å². The van der Waals surface area contributed by atoms with Gasteiger partial charge in [0.25, 0.3) is 0 Å². The molecule has 8 heteroatoms. The van der Waals surface area contributed by atoms with Crippen LogP contribution >= 0.6 is 0 Å².